The van der Waals surface area contributed by atoms with Crippen molar-refractivity contribution < 1.29 is 9.53 Å². The lowest BCUT2D eigenvalue weighted by atomic mass is 9.57. The Morgan fingerprint density at radius 3 is 2.53 bits per heavy atom. The van der Waals surface area contributed by atoms with Gasteiger partial charge in [-0.3, -0.25) is 4.79 Å². The van der Waals surface area contributed by atoms with Gasteiger partial charge in [-0.05, 0) is 31.6 Å². The van der Waals surface area contributed by atoms with Crippen LogP contribution in [0.25, 0.3) is 0 Å². The minimum Gasteiger partial charge on any atom is -0.465 e. The molecule has 4 fully saturated rings. The minimum atomic E-state index is -0.0134. The zero-order valence-electron chi connectivity index (χ0n) is 12.4. The van der Waals surface area contributed by atoms with Gasteiger partial charge in [0.15, 0.2) is 0 Å². The van der Waals surface area contributed by atoms with Crippen LogP contribution in [0.4, 0.5) is 0 Å². The summed E-state index contributed by atoms with van der Waals surface area (Å²) in [7, 11) is 0. The molecule has 0 spiro atoms. The van der Waals surface area contributed by atoms with E-state index in [0.717, 1.165) is 19.4 Å². The molecule has 3 aliphatic carbocycles. The number of esters is 1. The summed E-state index contributed by atoms with van der Waals surface area (Å²) >= 11 is 0. The number of fused-ring (bicyclic) bond motifs is 1. The number of carbonyl (C=O) groups is 1. The number of carbonyl (C=O) groups excluding carboxylic acids is 1. The molecule has 108 valence electrons. The molecule has 1 atom stereocenters. The van der Waals surface area contributed by atoms with Crippen molar-refractivity contribution in [3.8, 4) is 0 Å². The Morgan fingerprint density at radius 1 is 1.11 bits per heavy atom. The summed E-state index contributed by atoms with van der Waals surface area (Å²) in [5.41, 5.74) is 0.417. The lowest BCUT2D eigenvalue weighted by Gasteiger charge is -2.51. The number of rotatable bonds is 8. The first-order chi connectivity index (χ1) is 9.21. The van der Waals surface area contributed by atoms with Crippen molar-refractivity contribution in [3.05, 3.63) is 0 Å². The molecular weight excluding hydrogens is 236 g/mol. The molecule has 0 aromatic carbocycles. The molecular formula is C17H28O2. The fourth-order valence-electron chi connectivity index (χ4n) is 5.00. The third-order valence-electron chi connectivity index (χ3n) is 5.91. The predicted octanol–water partition coefficient (Wildman–Crippen LogP) is 4.47. The fourth-order valence-corrected chi connectivity index (χ4v) is 5.00. The first kappa shape index (κ1) is 13.5. The minimum absolute atomic E-state index is 0.0134. The summed E-state index contributed by atoms with van der Waals surface area (Å²) in [5.74, 6) is 0.790. The Balaban J connectivity index is 1.37. The van der Waals surface area contributed by atoms with Gasteiger partial charge in [-0.25, -0.2) is 0 Å². The number of ether oxygens (including phenoxy) is 1. The fraction of sp³-hybridized carbons (Fsp3) is 0.941. The highest BCUT2D eigenvalue weighted by Gasteiger charge is 2.73. The van der Waals surface area contributed by atoms with Crippen LogP contribution >= 0.6 is 0 Å². The van der Waals surface area contributed by atoms with Gasteiger partial charge in [0.1, 0.15) is 0 Å². The lowest BCUT2D eigenvalue weighted by Crippen LogP contribution is -2.53. The second-order valence-corrected chi connectivity index (χ2v) is 7.40. The molecule has 4 rings (SSSR count). The van der Waals surface area contributed by atoms with E-state index in [0.29, 0.717) is 11.3 Å². The van der Waals surface area contributed by atoms with Crippen molar-refractivity contribution >= 4 is 5.97 Å². The maximum Gasteiger partial charge on any atom is 0.312 e. The van der Waals surface area contributed by atoms with E-state index in [-0.39, 0.29) is 11.4 Å². The highest BCUT2D eigenvalue weighted by atomic mass is 16.5. The SMILES string of the molecule is CCCCCCCCCC1CC23COC(=O)C1(C2)C3. The summed E-state index contributed by atoms with van der Waals surface area (Å²) in [6, 6.07) is 0. The van der Waals surface area contributed by atoms with Crippen molar-refractivity contribution in [2.24, 2.45) is 16.7 Å². The Bertz CT molecular complexity index is 341. The van der Waals surface area contributed by atoms with Crippen LogP contribution in [-0.4, -0.2) is 12.6 Å². The van der Waals surface area contributed by atoms with Gasteiger partial charge in [-0.1, -0.05) is 51.9 Å². The summed E-state index contributed by atoms with van der Waals surface area (Å²) in [4.78, 5) is 12.0. The van der Waals surface area contributed by atoms with Gasteiger partial charge < -0.3 is 4.74 Å². The molecule has 19 heavy (non-hydrogen) atoms. The molecule has 2 bridgehead atoms. The second kappa shape index (κ2) is 5.10. The first-order valence-corrected chi connectivity index (χ1v) is 8.38. The van der Waals surface area contributed by atoms with Gasteiger partial charge in [-0.2, -0.15) is 0 Å². The zero-order chi connectivity index (χ0) is 13.3. The van der Waals surface area contributed by atoms with E-state index in [1.165, 1.54) is 57.8 Å². The number of hydrogen-bond acceptors (Lipinski definition) is 2. The van der Waals surface area contributed by atoms with Crippen molar-refractivity contribution in [2.75, 3.05) is 6.61 Å². The van der Waals surface area contributed by atoms with Crippen LogP contribution in [-0.2, 0) is 9.53 Å². The Morgan fingerprint density at radius 2 is 1.79 bits per heavy atom. The van der Waals surface area contributed by atoms with Gasteiger partial charge in [0.25, 0.3) is 0 Å². The molecule has 0 aromatic heterocycles. The first-order valence-electron chi connectivity index (χ1n) is 8.38. The highest BCUT2D eigenvalue weighted by molar-refractivity contribution is 5.81. The number of unbranched alkanes of at least 4 members (excludes halogenated alkanes) is 6. The third-order valence-corrected chi connectivity index (χ3v) is 5.91. The van der Waals surface area contributed by atoms with E-state index < -0.39 is 0 Å². The highest BCUT2D eigenvalue weighted by Crippen LogP contribution is 2.73. The summed E-state index contributed by atoms with van der Waals surface area (Å²) in [5, 5.41) is 0. The molecule has 0 amide bonds. The van der Waals surface area contributed by atoms with Crippen LogP contribution in [0.5, 0.6) is 0 Å². The molecule has 2 heteroatoms. The molecule has 1 heterocycles. The van der Waals surface area contributed by atoms with Crippen molar-refractivity contribution in [2.45, 2.75) is 77.6 Å². The van der Waals surface area contributed by atoms with Crippen LogP contribution in [0.1, 0.15) is 77.6 Å². The lowest BCUT2D eigenvalue weighted by molar-refractivity contribution is -0.191. The van der Waals surface area contributed by atoms with E-state index in [1.807, 2.05) is 0 Å². The monoisotopic (exact) mass is 264 g/mol. The van der Waals surface area contributed by atoms with Crippen molar-refractivity contribution in [3.63, 3.8) is 0 Å². The van der Waals surface area contributed by atoms with E-state index in [1.54, 1.807) is 0 Å². The average molecular weight is 264 g/mol. The molecule has 4 aliphatic rings. The van der Waals surface area contributed by atoms with E-state index >= 15 is 0 Å². The zero-order valence-corrected chi connectivity index (χ0v) is 12.4. The molecule has 0 N–H and O–H groups in total. The van der Waals surface area contributed by atoms with Gasteiger partial charge >= 0.3 is 5.97 Å². The van der Waals surface area contributed by atoms with E-state index in [2.05, 4.69) is 6.92 Å². The van der Waals surface area contributed by atoms with Crippen molar-refractivity contribution in [1.82, 2.24) is 0 Å². The van der Waals surface area contributed by atoms with E-state index in [4.69, 9.17) is 4.74 Å². The van der Waals surface area contributed by atoms with Crippen LogP contribution in [0.15, 0.2) is 0 Å². The van der Waals surface area contributed by atoms with Crippen LogP contribution < -0.4 is 0 Å². The topological polar surface area (TPSA) is 26.3 Å². The summed E-state index contributed by atoms with van der Waals surface area (Å²) < 4.78 is 5.37. The van der Waals surface area contributed by atoms with Gasteiger partial charge in [-0.15, -0.1) is 0 Å². The largest absolute Gasteiger partial charge is 0.465 e. The molecule has 2 nitrogen and oxygen atoms in total. The Hall–Kier alpha value is -0.530. The molecule has 0 radical (unpaired) electrons. The maximum atomic E-state index is 12.0. The summed E-state index contributed by atoms with van der Waals surface area (Å²) in [6.45, 7) is 2.99. The van der Waals surface area contributed by atoms with Gasteiger partial charge in [0.2, 0.25) is 0 Å². The average Bonchev–Trinajstić information content (AvgIpc) is 2.80. The van der Waals surface area contributed by atoms with Crippen LogP contribution in [0.2, 0.25) is 0 Å². The maximum absolute atomic E-state index is 12.0. The second-order valence-electron chi connectivity index (χ2n) is 7.40. The molecule has 1 saturated heterocycles. The quantitative estimate of drug-likeness (QED) is 0.477. The molecule has 1 unspecified atom stereocenters. The standard InChI is InChI=1S/C17H28O2/c1-2-3-4-5-6-7-8-9-14-10-16-11-17(14,12-16)15(18)19-13-16/h14H,2-13H2,1H3. The molecule has 0 aromatic rings. The van der Waals surface area contributed by atoms with Crippen molar-refractivity contribution in [1.29, 1.82) is 0 Å². The number of hydrogen-bond donors (Lipinski definition) is 0. The Labute approximate surface area is 117 Å². The van der Waals surface area contributed by atoms with Gasteiger partial charge in [0, 0.05) is 5.41 Å². The van der Waals surface area contributed by atoms with E-state index in [9.17, 15) is 4.79 Å². The molecule has 3 saturated carbocycles. The Kier molecular flexibility index (Phi) is 3.61. The van der Waals surface area contributed by atoms with Gasteiger partial charge in [0.05, 0.1) is 12.0 Å². The molecule has 1 aliphatic heterocycles. The van der Waals surface area contributed by atoms with Crippen LogP contribution in [0.3, 0.4) is 0 Å². The third kappa shape index (κ3) is 2.21. The smallest absolute Gasteiger partial charge is 0.312 e. The predicted molar refractivity (Wildman–Crippen MR) is 75.8 cm³/mol. The number of cyclic esters (lactones) is 1. The normalized spacial score (nSPS) is 39.0. The van der Waals surface area contributed by atoms with Crippen LogP contribution in [0, 0.1) is 16.7 Å². The summed E-state index contributed by atoms with van der Waals surface area (Å²) in [6.07, 6.45) is 14.4.